The van der Waals surface area contributed by atoms with Gasteiger partial charge in [-0.15, -0.1) is 11.3 Å². The first-order valence-electron chi connectivity index (χ1n) is 18.0. The minimum Gasteiger partial charge on any atom is -0.508 e. The average molecular weight is 822 g/mol. The van der Waals surface area contributed by atoms with E-state index in [0.717, 1.165) is 16.0 Å². The van der Waals surface area contributed by atoms with Crippen LogP contribution in [0, 0.1) is 12.7 Å². The molecule has 0 spiro atoms. The Hall–Kier alpha value is -6.35. The molecule has 3 aromatic heterocycles. The van der Waals surface area contributed by atoms with Gasteiger partial charge in [0, 0.05) is 35.2 Å². The van der Waals surface area contributed by atoms with Crippen molar-refractivity contribution in [1.82, 2.24) is 19.9 Å². The highest BCUT2D eigenvalue weighted by Gasteiger charge is 2.29. The van der Waals surface area contributed by atoms with Crippen molar-refractivity contribution >= 4 is 44.8 Å². The maximum absolute atomic E-state index is 14.1. The zero-order valence-corrected chi connectivity index (χ0v) is 33.1. The van der Waals surface area contributed by atoms with E-state index in [9.17, 15) is 19.4 Å². The molecule has 0 unspecified atom stereocenters. The number of aliphatic hydroxyl groups is 1. The van der Waals surface area contributed by atoms with Gasteiger partial charge in [0.25, 0.3) is 0 Å². The number of phenols is 1. The number of nitrogens with one attached hydrogen (secondary N) is 1. The van der Waals surface area contributed by atoms with Gasteiger partial charge in [-0.3, -0.25) is 0 Å². The van der Waals surface area contributed by atoms with E-state index in [2.05, 4.69) is 25.3 Å². The molecule has 0 amide bonds. The number of benzene rings is 4. The molecule has 4 aromatic carbocycles. The third-order valence-corrected chi connectivity index (χ3v) is 10.9. The first-order chi connectivity index (χ1) is 28.2. The minimum atomic E-state index is -1.26. The Morgan fingerprint density at radius 3 is 2.55 bits per heavy atom. The van der Waals surface area contributed by atoms with Gasteiger partial charge in [-0.1, -0.05) is 41.9 Å². The zero-order valence-electron chi connectivity index (χ0n) is 31.5. The Morgan fingerprint density at radius 2 is 1.78 bits per heavy atom. The molecule has 1 atom stereocenters. The van der Waals surface area contributed by atoms with Crippen molar-refractivity contribution in [2.24, 2.45) is 0 Å². The fraction of sp³-hybridized carbons (Fsp3) is 0.186. The molecule has 12 nitrogen and oxygen atoms in total. The number of fused-ring (bicyclic) bond motifs is 1. The second-order valence-electron chi connectivity index (χ2n) is 12.9. The first kappa shape index (κ1) is 39.9. The smallest absolute Gasteiger partial charge is 0.347 e. The number of hydrogen-bond donors (Lipinski definition) is 3. The Morgan fingerprint density at radius 1 is 0.966 bits per heavy atom. The summed E-state index contributed by atoms with van der Waals surface area (Å²) in [5.41, 5.74) is 5.20. The highest BCUT2D eigenvalue weighted by molar-refractivity contribution is 7.22. The molecule has 7 aromatic rings. The van der Waals surface area contributed by atoms with Crippen LogP contribution in [0.25, 0.3) is 43.2 Å². The molecule has 7 rings (SSSR count). The third kappa shape index (κ3) is 8.49. The van der Waals surface area contributed by atoms with E-state index in [-0.39, 0.29) is 37.1 Å². The van der Waals surface area contributed by atoms with Crippen LogP contribution in [-0.4, -0.2) is 69.6 Å². The number of hydrogen-bond acceptors (Lipinski definition) is 13. The molecule has 0 fully saturated rings. The normalized spacial score (nSPS) is 11.6. The summed E-state index contributed by atoms with van der Waals surface area (Å²) in [6.07, 6.45) is 1.62. The van der Waals surface area contributed by atoms with Crippen LogP contribution in [0.3, 0.4) is 0 Å². The van der Waals surface area contributed by atoms with Crippen LogP contribution < -0.4 is 19.5 Å². The number of carbonyl (C=O) groups is 1. The topological polar surface area (TPSA) is 158 Å². The van der Waals surface area contributed by atoms with Gasteiger partial charge < -0.3 is 34.5 Å². The maximum atomic E-state index is 14.1. The number of para-hydroxylation sites is 1. The lowest BCUT2D eigenvalue weighted by Gasteiger charge is -2.20. The third-order valence-electron chi connectivity index (χ3n) is 9.25. The number of anilines is 1. The highest BCUT2D eigenvalue weighted by Crippen LogP contribution is 2.49. The number of aliphatic hydroxyl groups excluding tert-OH is 1. The highest BCUT2D eigenvalue weighted by atomic mass is 35.5. The number of methoxy groups -OCH3 is 2. The Balaban J connectivity index is 1.25. The van der Waals surface area contributed by atoms with Crippen LogP contribution in [0.15, 0.2) is 97.5 Å². The molecule has 0 aliphatic rings. The number of halogens is 2. The second-order valence-corrected chi connectivity index (χ2v) is 14.3. The Bertz CT molecular complexity index is 2590. The lowest BCUT2D eigenvalue weighted by molar-refractivity contribution is -0.148. The summed E-state index contributed by atoms with van der Waals surface area (Å²) in [5, 5.41) is 24.0. The largest absolute Gasteiger partial charge is 0.508 e. The minimum absolute atomic E-state index is 0.0410. The number of phenolic OH excluding ortho intramolecular Hbond substituents is 1. The molecule has 0 saturated carbocycles. The Kier molecular flexibility index (Phi) is 12.3. The standard InChI is InChI=1S/C43H37ClFN5O7S/c1-24-30(13-14-32(38(24)44)46-18-19-51)36-37-41(48-23-49-42(37)58-39(36)25-8-10-27(45)11-9-25)57-35(43(53)55-3)21-26-20-29(52)12-15-33(26)56-22-28-16-17-47-40(50-28)31-6-4-5-7-34(31)54-2/h4-17,20,23,35,46,51-52H,18-19,21-22H2,1-3H3/t35-/m1/s1. The van der Waals surface area contributed by atoms with Crippen molar-refractivity contribution in [3.63, 3.8) is 0 Å². The van der Waals surface area contributed by atoms with Crippen LogP contribution in [0.4, 0.5) is 10.1 Å². The van der Waals surface area contributed by atoms with Gasteiger partial charge in [-0.25, -0.2) is 29.1 Å². The van der Waals surface area contributed by atoms with Crippen molar-refractivity contribution < 1.29 is 38.3 Å². The fourth-order valence-electron chi connectivity index (χ4n) is 6.43. The second kappa shape index (κ2) is 17.8. The maximum Gasteiger partial charge on any atom is 0.347 e. The molecule has 0 aliphatic carbocycles. The number of aromatic hydroxyl groups is 1. The number of carbonyl (C=O) groups excluding carboxylic acids is 1. The summed E-state index contributed by atoms with van der Waals surface area (Å²) in [5.74, 6) is 0.403. The predicted molar refractivity (Wildman–Crippen MR) is 220 cm³/mol. The lowest BCUT2D eigenvalue weighted by atomic mass is 9.95. The molecular weight excluding hydrogens is 785 g/mol. The SMILES string of the molecule is COC(=O)[C@@H](Cc1cc(O)ccc1OCc1ccnc(-c2ccccc2OC)n1)Oc1ncnc2sc(-c3ccc(F)cc3)c(-c3ccc(NCCO)c(Cl)c3C)c12. The van der Waals surface area contributed by atoms with E-state index < -0.39 is 12.1 Å². The first-order valence-corrected chi connectivity index (χ1v) is 19.2. The van der Waals surface area contributed by atoms with Crippen LogP contribution in [-0.2, 0) is 22.6 Å². The molecular formula is C43H37ClFN5O7S. The quantitative estimate of drug-likeness (QED) is 0.0850. The van der Waals surface area contributed by atoms with Crippen molar-refractivity contribution in [1.29, 1.82) is 0 Å². The van der Waals surface area contributed by atoms with E-state index in [1.54, 1.807) is 37.6 Å². The molecule has 3 heterocycles. The van der Waals surface area contributed by atoms with Gasteiger partial charge in [0.2, 0.25) is 12.0 Å². The predicted octanol–water partition coefficient (Wildman–Crippen LogP) is 8.44. The summed E-state index contributed by atoms with van der Waals surface area (Å²) in [4.78, 5) is 32.9. The van der Waals surface area contributed by atoms with E-state index in [1.165, 1.54) is 49.0 Å². The van der Waals surface area contributed by atoms with E-state index >= 15 is 0 Å². The van der Waals surface area contributed by atoms with Crippen LogP contribution >= 0.6 is 22.9 Å². The fourth-order valence-corrected chi connectivity index (χ4v) is 7.82. The summed E-state index contributed by atoms with van der Waals surface area (Å²) in [6, 6.07) is 23.5. The number of esters is 1. The Labute approximate surface area is 341 Å². The average Bonchev–Trinajstić information content (AvgIpc) is 3.64. The molecule has 58 heavy (non-hydrogen) atoms. The van der Waals surface area contributed by atoms with E-state index in [4.69, 9.17) is 30.5 Å². The number of rotatable bonds is 15. The number of ether oxygens (including phenoxy) is 4. The summed E-state index contributed by atoms with van der Waals surface area (Å²) < 4.78 is 37.5. The van der Waals surface area contributed by atoms with Crippen molar-refractivity contribution in [3.05, 3.63) is 125 Å². The molecule has 15 heteroatoms. The van der Waals surface area contributed by atoms with Crippen LogP contribution in [0.1, 0.15) is 16.8 Å². The van der Waals surface area contributed by atoms with Crippen LogP contribution in [0.2, 0.25) is 5.02 Å². The monoisotopic (exact) mass is 821 g/mol. The van der Waals surface area contributed by atoms with Gasteiger partial charge in [0.1, 0.15) is 40.8 Å². The molecule has 0 radical (unpaired) electrons. The summed E-state index contributed by atoms with van der Waals surface area (Å²) in [7, 11) is 2.83. The van der Waals surface area contributed by atoms with Crippen LogP contribution in [0.5, 0.6) is 23.1 Å². The van der Waals surface area contributed by atoms with Gasteiger partial charge in [0.05, 0.1) is 48.2 Å². The van der Waals surface area contributed by atoms with Gasteiger partial charge in [0.15, 0.2) is 5.82 Å². The number of aromatic nitrogens is 4. The van der Waals surface area contributed by atoms with Gasteiger partial charge >= 0.3 is 5.97 Å². The molecule has 296 valence electrons. The number of nitrogens with zero attached hydrogens (tertiary/aromatic N) is 4. The van der Waals surface area contributed by atoms with Crippen molar-refractivity contribution in [2.75, 3.05) is 32.7 Å². The summed E-state index contributed by atoms with van der Waals surface area (Å²) >= 11 is 8.23. The van der Waals surface area contributed by atoms with Gasteiger partial charge in [-0.05, 0) is 78.2 Å². The van der Waals surface area contributed by atoms with E-state index in [1.807, 2.05) is 43.3 Å². The molecule has 0 saturated heterocycles. The van der Waals surface area contributed by atoms with Crippen molar-refractivity contribution in [2.45, 2.75) is 26.1 Å². The molecule has 0 bridgehead atoms. The van der Waals surface area contributed by atoms with Gasteiger partial charge in [-0.2, -0.15) is 0 Å². The lowest BCUT2D eigenvalue weighted by Crippen LogP contribution is -2.31. The number of thiophene rings is 1. The zero-order chi connectivity index (χ0) is 40.8. The van der Waals surface area contributed by atoms with Crippen molar-refractivity contribution in [3.8, 4) is 56.1 Å². The summed E-state index contributed by atoms with van der Waals surface area (Å²) in [6.45, 7) is 2.13. The molecule has 3 N–H and O–H groups in total. The molecule has 0 aliphatic heterocycles. The van der Waals surface area contributed by atoms with E-state index in [0.29, 0.717) is 72.7 Å².